The van der Waals surface area contributed by atoms with Crippen molar-refractivity contribution >= 4 is 22.6 Å². The molecule has 5 nitrogen and oxygen atoms in total. The molecule has 0 aliphatic heterocycles. The molecule has 0 amide bonds. The van der Waals surface area contributed by atoms with E-state index >= 15 is 0 Å². The first kappa shape index (κ1) is 14.5. The van der Waals surface area contributed by atoms with Crippen molar-refractivity contribution in [3.8, 4) is 0 Å². The van der Waals surface area contributed by atoms with E-state index in [0.717, 1.165) is 29.4 Å². The van der Waals surface area contributed by atoms with Gasteiger partial charge in [0.15, 0.2) is 0 Å². The highest BCUT2D eigenvalue weighted by Crippen LogP contribution is 2.13. The van der Waals surface area contributed by atoms with Crippen LogP contribution < -0.4 is 5.32 Å². The van der Waals surface area contributed by atoms with Crippen molar-refractivity contribution in [2.75, 3.05) is 11.9 Å². The molecule has 20 heavy (non-hydrogen) atoms. The first-order valence-corrected chi connectivity index (χ1v) is 7.35. The average Bonchev–Trinajstić information content (AvgIpc) is 2.87. The lowest BCUT2D eigenvalue weighted by Gasteiger charge is -2.06. The number of nitrogens with zero attached hydrogens (tertiary/aromatic N) is 2. The number of hydrogen-bond acceptors (Lipinski definition) is 5. The number of carboxylic acids is 1. The van der Waals surface area contributed by atoms with E-state index in [1.54, 1.807) is 12.1 Å². The third-order valence-electron chi connectivity index (χ3n) is 2.86. The molecule has 6 heteroatoms. The van der Waals surface area contributed by atoms with E-state index in [0.29, 0.717) is 18.5 Å². The topological polar surface area (TPSA) is 75.1 Å². The highest BCUT2D eigenvalue weighted by atomic mass is 32.1. The molecular weight excluding hydrogens is 274 g/mol. The summed E-state index contributed by atoms with van der Waals surface area (Å²) in [7, 11) is 0. The van der Waals surface area contributed by atoms with Crippen LogP contribution in [-0.4, -0.2) is 27.0 Å². The zero-order chi connectivity index (χ0) is 14.4. The molecule has 1 aromatic heterocycles. The number of nitrogens with one attached hydrogen (secondary N) is 1. The Morgan fingerprint density at radius 3 is 2.90 bits per heavy atom. The van der Waals surface area contributed by atoms with Gasteiger partial charge in [0, 0.05) is 24.5 Å². The number of hydrogen-bond donors (Lipinski definition) is 2. The molecule has 0 aliphatic rings. The maximum absolute atomic E-state index is 11.1. The van der Waals surface area contributed by atoms with Gasteiger partial charge < -0.3 is 10.4 Å². The van der Waals surface area contributed by atoms with Gasteiger partial charge in [0.2, 0.25) is 5.13 Å². The van der Waals surface area contributed by atoms with Gasteiger partial charge in [-0.15, -0.1) is 0 Å². The monoisotopic (exact) mass is 291 g/mol. The van der Waals surface area contributed by atoms with Crippen LogP contribution in [0.3, 0.4) is 0 Å². The van der Waals surface area contributed by atoms with E-state index in [-0.39, 0.29) is 0 Å². The summed E-state index contributed by atoms with van der Waals surface area (Å²) in [6.07, 6.45) is 2.56. The predicted molar refractivity (Wildman–Crippen MR) is 79.5 cm³/mol. The lowest BCUT2D eigenvalue weighted by Crippen LogP contribution is -2.09. The van der Waals surface area contributed by atoms with Gasteiger partial charge in [-0.05, 0) is 24.5 Å². The molecule has 0 saturated heterocycles. The van der Waals surface area contributed by atoms with E-state index in [1.807, 2.05) is 12.1 Å². The number of aromatic carboxylic acids is 1. The van der Waals surface area contributed by atoms with Crippen molar-refractivity contribution < 1.29 is 9.90 Å². The number of aromatic nitrogens is 2. The minimum Gasteiger partial charge on any atom is -0.478 e. The number of carboxylic acid groups (broad SMARTS) is 1. The van der Waals surface area contributed by atoms with Crippen LogP contribution in [0, 0.1) is 0 Å². The second-order valence-electron chi connectivity index (χ2n) is 4.40. The van der Waals surface area contributed by atoms with Gasteiger partial charge in [-0.25, -0.2) is 9.78 Å². The third-order valence-corrected chi connectivity index (χ3v) is 3.57. The first-order valence-electron chi connectivity index (χ1n) is 6.58. The molecule has 0 atom stereocenters. The van der Waals surface area contributed by atoms with Crippen LogP contribution in [-0.2, 0) is 12.8 Å². The van der Waals surface area contributed by atoms with Gasteiger partial charge >= 0.3 is 5.97 Å². The van der Waals surface area contributed by atoms with Gasteiger partial charge in [0.25, 0.3) is 0 Å². The summed E-state index contributed by atoms with van der Waals surface area (Å²) in [6.45, 7) is 2.74. The van der Waals surface area contributed by atoms with Crippen molar-refractivity contribution in [1.29, 1.82) is 0 Å². The van der Waals surface area contributed by atoms with E-state index in [1.165, 1.54) is 11.5 Å². The molecule has 2 rings (SSSR count). The molecule has 0 fully saturated rings. The van der Waals surface area contributed by atoms with E-state index in [4.69, 9.17) is 5.11 Å². The molecule has 1 heterocycles. The summed E-state index contributed by atoms with van der Waals surface area (Å²) < 4.78 is 4.25. The van der Waals surface area contributed by atoms with Gasteiger partial charge in [-0.3, -0.25) is 0 Å². The number of anilines is 1. The van der Waals surface area contributed by atoms with E-state index < -0.39 is 5.97 Å². The number of carbonyl (C=O) groups is 1. The van der Waals surface area contributed by atoms with Crippen molar-refractivity contribution in [1.82, 2.24) is 9.36 Å². The van der Waals surface area contributed by atoms with Crippen LogP contribution in [0.2, 0.25) is 0 Å². The molecule has 2 aromatic rings. The van der Waals surface area contributed by atoms with Crippen LogP contribution >= 0.6 is 11.5 Å². The van der Waals surface area contributed by atoms with Crippen LogP contribution in [0.1, 0.15) is 35.1 Å². The fraction of sp³-hybridized carbons (Fsp3) is 0.357. The van der Waals surface area contributed by atoms with Gasteiger partial charge in [0.05, 0.1) is 5.56 Å². The molecule has 0 spiro atoms. The van der Waals surface area contributed by atoms with Gasteiger partial charge in [-0.1, -0.05) is 25.1 Å². The van der Waals surface area contributed by atoms with Crippen LogP contribution in [0.4, 0.5) is 5.13 Å². The highest BCUT2D eigenvalue weighted by molar-refractivity contribution is 7.09. The second-order valence-corrected chi connectivity index (χ2v) is 5.16. The molecule has 0 aliphatic carbocycles. The molecule has 0 radical (unpaired) electrons. The zero-order valence-corrected chi connectivity index (χ0v) is 12.1. The van der Waals surface area contributed by atoms with Crippen LogP contribution in [0.25, 0.3) is 0 Å². The second kappa shape index (κ2) is 7.00. The van der Waals surface area contributed by atoms with Crippen molar-refractivity contribution in [2.45, 2.75) is 26.2 Å². The van der Waals surface area contributed by atoms with Crippen LogP contribution in [0.15, 0.2) is 24.3 Å². The predicted octanol–water partition coefficient (Wildman–Crippen LogP) is 2.84. The Bertz CT molecular complexity index is 583. The SMILES string of the molecule is CCCc1nsc(NCCc2ccccc2C(=O)O)n1. The third kappa shape index (κ3) is 3.77. The summed E-state index contributed by atoms with van der Waals surface area (Å²) in [6, 6.07) is 7.06. The minimum absolute atomic E-state index is 0.359. The smallest absolute Gasteiger partial charge is 0.335 e. The lowest BCUT2D eigenvalue weighted by atomic mass is 10.1. The molecule has 0 saturated carbocycles. The number of aryl methyl sites for hydroxylation is 1. The van der Waals surface area contributed by atoms with Crippen molar-refractivity contribution in [3.05, 3.63) is 41.2 Å². The summed E-state index contributed by atoms with van der Waals surface area (Å²) in [5, 5.41) is 13.1. The summed E-state index contributed by atoms with van der Waals surface area (Å²) in [4.78, 5) is 15.5. The molecular formula is C14H17N3O2S. The van der Waals surface area contributed by atoms with E-state index in [9.17, 15) is 4.79 Å². The molecule has 106 valence electrons. The highest BCUT2D eigenvalue weighted by Gasteiger charge is 2.09. The minimum atomic E-state index is -0.887. The standard InChI is InChI=1S/C14H17N3O2S/c1-2-5-12-16-14(20-17-12)15-9-8-10-6-3-4-7-11(10)13(18)19/h3-4,6-7H,2,5,8-9H2,1H3,(H,18,19)(H,15,16,17). The quantitative estimate of drug-likeness (QED) is 0.820. The van der Waals surface area contributed by atoms with Gasteiger partial charge in [0.1, 0.15) is 5.82 Å². The Morgan fingerprint density at radius 1 is 1.35 bits per heavy atom. The summed E-state index contributed by atoms with van der Waals surface area (Å²) in [5.41, 5.74) is 1.18. The number of benzene rings is 1. The first-order chi connectivity index (χ1) is 9.70. The zero-order valence-electron chi connectivity index (χ0n) is 11.3. The number of rotatable bonds is 7. The molecule has 0 bridgehead atoms. The fourth-order valence-electron chi connectivity index (χ4n) is 1.90. The molecule has 2 N–H and O–H groups in total. The van der Waals surface area contributed by atoms with Crippen molar-refractivity contribution in [2.24, 2.45) is 0 Å². The summed E-state index contributed by atoms with van der Waals surface area (Å²) in [5.74, 6) is -0.0207. The van der Waals surface area contributed by atoms with E-state index in [2.05, 4.69) is 21.6 Å². The molecule has 0 unspecified atom stereocenters. The van der Waals surface area contributed by atoms with Crippen molar-refractivity contribution in [3.63, 3.8) is 0 Å². The maximum Gasteiger partial charge on any atom is 0.335 e. The molecule has 1 aromatic carbocycles. The van der Waals surface area contributed by atoms with Crippen LogP contribution in [0.5, 0.6) is 0 Å². The Morgan fingerprint density at radius 2 is 2.15 bits per heavy atom. The average molecular weight is 291 g/mol. The Balaban J connectivity index is 1.91. The lowest BCUT2D eigenvalue weighted by molar-refractivity contribution is 0.0695. The Labute approximate surface area is 121 Å². The fourth-order valence-corrected chi connectivity index (χ4v) is 2.54. The Kier molecular flexibility index (Phi) is 5.06. The normalized spacial score (nSPS) is 10.4. The largest absolute Gasteiger partial charge is 0.478 e. The van der Waals surface area contributed by atoms with Gasteiger partial charge in [-0.2, -0.15) is 4.37 Å². The summed E-state index contributed by atoms with van der Waals surface area (Å²) >= 11 is 1.35. The maximum atomic E-state index is 11.1. The Hall–Kier alpha value is -1.95.